The second-order valence-electron chi connectivity index (χ2n) is 9.14. The molecule has 0 heterocycles. The van der Waals surface area contributed by atoms with Gasteiger partial charge in [-0.05, 0) is 44.5 Å². The molecule has 0 aliphatic heterocycles. The second-order valence-corrected chi connectivity index (χ2v) is 9.14. The molecule has 0 radical (unpaired) electrons. The molecule has 0 spiro atoms. The first kappa shape index (κ1) is 23.5. The highest BCUT2D eigenvalue weighted by Gasteiger charge is 2.63. The predicted octanol–water partition coefficient (Wildman–Crippen LogP) is 0.0790. The molecule has 0 bridgehead atoms. The summed E-state index contributed by atoms with van der Waals surface area (Å²) >= 11 is 0. The third-order valence-electron chi connectivity index (χ3n) is 6.91. The lowest BCUT2D eigenvalue weighted by Crippen LogP contribution is -2.63. The number of ketones is 2. The largest absolute Gasteiger partial charge is 0.510 e. The maximum Gasteiger partial charge on any atom is 0.255 e. The molecular formula is C23H25N3O8. The van der Waals surface area contributed by atoms with E-state index in [0.29, 0.717) is 5.56 Å². The van der Waals surface area contributed by atoms with E-state index in [0.717, 1.165) is 0 Å². The van der Waals surface area contributed by atoms with Crippen molar-refractivity contribution in [1.29, 1.82) is 0 Å². The molecule has 1 aromatic rings. The summed E-state index contributed by atoms with van der Waals surface area (Å²) < 4.78 is 0. The number of phenolic OH excluding ortho intramolecular Hbond substituents is 1. The molecule has 0 aromatic heterocycles. The summed E-state index contributed by atoms with van der Waals surface area (Å²) in [6.07, 6.45) is 0.197. The van der Waals surface area contributed by atoms with Gasteiger partial charge in [-0.25, -0.2) is 0 Å². The summed E-state index contributed by atoms with van der Waals surface area (Å²) in [7, 11) is 3.13. The molecule has 0 saturated heterocycles. The first-order chi connectivity index (χ1) is 15.8. The van der Waals surface area contributed by atoms with E-state index in [2.05, 4.69) is 5.32 Å². The summed E-state index contributed by atoms with van der Waals surface area (Å²) in [5, 5.41) is 46.5. The number of anilines is 1. The van der Waals surface area contributed by atoms with Gasteiger partial charge < -0.3 is 31.5 Å². The van der Waals surface area contributed by atoms with Crippen LogP contribution in [0.2, 0.25) is 0 Å². The van der Waals surface area contributed by atoms with Crippen LogP contribution in [0.25, 0.3) is 0 Å². The third kappa shape index (κ3) is 3.04. The summed E-state index contributed by atoms with van der Waals surface area (Å²) in [5.41, 5.74) is 1.80. The van der Waals surface area contributed by atoms with E-state index in [4.69, 9.17) is 5.73 Å². The van der Waals surface area contributed by atoms with Crippen molar-refractivity contribution < 1.29 is 39.6 Å². The van der Waals surface area contributed by atoms with Gasteiger partial charge in [0.15, 0.2) is 17.1 Å². The Morgan fingerprint density at radius 3 is 2.38 bits per heavy atom. The maximum absolute atomic E-state index is 13.5. The molecule has 1 aromatic carbocycles. The van der Waals surface area contributed by atoms with Crippen LogP contribution in [0.15, 0.2) is 34.8 Å². The van der Waals surface area contributed by atoms with E-state index in [1.165, 1.54) is 17.9 Å². The highest BCUT2D eigenvalue weighted by atomic mass is 16.3. The number of Topliss-reactive ketones (excluding diaryl/α,β-unsaturated/α-hetero) is 2. The van der Waals surface area contributed by atoms with Crippen molar-refractivity contribution in [3.05, 3.63) is 45.9 Å². The number of rotatable bonds is 3. The summed E-state index contributed by atoms with van der Waals surface area (Å²) in [5.74, 6) is -7.62. The van der Waals surface area contributed by atoms with Gasteiger partial charge in [-0.1, -0.05) is 6.07 Å². The Hall–Kier alpha value is -3.70. The fourth-order valence-corrected chi connectivity index (χ4v) is 5.52. The number of nitrogens with one attached hydrogen (secondary N) is 1. The monoisotopic (exact) mass is 471 g/mol. The average molecular weight is 471 g/mol. The fourth-order valence-electron chi connectivity index (χ4n) is 5.52. The quantitative estimate of drug-likeness (QED) is 0.262. The average Bonchev–Trinajstić information content (AvgIpc) is 2.72. The van der Waals surface area contributed by atoms with Crippen LogP contribution in [0.4, 0.5) is 5.69 Å². The Balaban J connectivity index is 1.93. The lowest BCUT2D eigenvalue weighted by molar-refractivity contribution is -0.148. The molecule has 0 saturated carbocycles. The van der Waals surface area contributed by atoms with Gasteiger partial charge >= 0.3 is 0 Å². The number of carbonyl (C=O) groups excluding carboxylic acids is 4. The van der Waals surface area contributed by atoms with Crippen LogP contribution in [-0.4, -0.2) is 74.4 Å². The first-order valence-electron chi connectivity index (χ1n) is 10.6. The Labute approximate surface area is 194 Å². The van der Waals surface area contributed by atoms with Gasteiger partial charge in [0, 0.05) is 18.4 Å². The Morgan fingerprint density at radius 2 is 1.82 bits per heavy atom. The van der Waals surface area contributed by atoms with Crippen molar-refractivity contribution in [3.8, 4) is 5.75 Å². The van der Waals surface area contributed by atoms with Crippen LogP contribution in [0.3, 0.4) is 0 Å². The number of primary amides is 1. The number of aromatic hydroxyl groups is 1. The number of hydrogen-bond donors (Lipinski definition) is 6. The van der Waals surface area contributed by atoms with Crippen LogP contribution in [0.5, 0.6) is 5.75 Å². The number of phenols is 1. The van der Waals surface area contributed by atoms with Crippen molar-refractivity contribution in [3.63, 3.8) is 0 Å². The Morgan fingerprint density at radius 1 is 1.18 bits per heavy atom. The lowest BCUT2D eigenvalue weighted by atomic mass is 9.58. The van der Waals surface area contributed by atoms with Crippen LogP contribution >= 0.6 is 0 Å². The lowest BCUT2D eigenvalue weighted by Gasteiger charge is -2.50. The third-order valence-corrected chi connectivity index (χ3v) is 6.91. The van der Waals surface area contributed by atoms with Gasteiger partial charge in [-0.15, -0.1) is 0 Å². The van der Waals surface area contributed by atoms with Crippen molar-refractivity contribution in [2.24, 2.45) is 17.6 Å². The van der Waals surface area contributed by atoms with Crippen molar-refractivity contribution in [2.45, 2.75) is 31.4 Å². The minimum Gasteiger partial charge on any atom is -0.510 e. The molecule has 2 amide bonds. The number of aliphatic hydroxyl groups is 3. The molecule has 4 rings (SSSR count). The Kier molecular flexibility index (Phi) is 5.29. The van der Waals surface area contributed by atoms with E-state index in [1.54, 1.807) is 20.2 Å². The molecule has 3 aliphatic rings. The van der Waals surface area contributed by atoms with Crippen LogP contribution in [0.1, 0.15) is 29.3 Å². The summed E-state index contributed by atoms with van der Waals surface area (Å²) in [6.45, 7) is 1.23. The molecule has 11 nitrogen and oxygen atoms in total. The zero-order chi connectivity index (χ0) is 25.3. The number of fused-ring (bicyclic) bond motifs is 3. The van der Waals surface area contributed by atoms with Crippen LogP contribution < -0.4 is 11.1 Å². The predicted molar refractivity (Wildman–Crippen MR) is 118 cm³/mol. The molecule has 7 N–H and O–H groups in total. The number of hydrogen-bond acceptors (Lipinski definition) is 9. The molecule has 0 unspecified atom stereocenters. The highest BCUT2D eigenvalue weighted by molar-refractivity contribution is 6.25. The first-order valence-corrected chi connectivity index (χ1v) is 10.6. The molecule has 34 heavy (non-hydrogen) atoms. The number of carbonyl (C=O) groups is 4. The van der Waals surface area contributed by atoms with Gasteiger partial charge in [0.25, 0.3) is 5.91 Å². The number of aliphatic hydroxyl groups excluding tert-OH is 2. The molecule has 180 valence electrons. The molecule has 0 fully saturated rings. The smallest absolute Gasteiger partial charge is 0.255 e. The minimum atomic E-state index is -2.69. The Bertz CT molecular complexity index is 1230. The minimum absolute atomic E-state index is 0.00387. The van der Waals surface area contributed by atoms with Gasteiger partial charge in [0.05, 0.1) is 17.3 Å². The zero-order valence-electron chi connectivity index (χ0n) is 18.7. The number of nitrogens with zero attached hydrogens (tertiary/aromatic N) is 1. The molecule has 3 aliphatic carbocycles. The number of benzene rings is 1. The van der Waals surface area contributed by atoms with E-state index >= 15 is 0 Å². The summed E-state index contributed by atoms with van der Waals surface area (Å²) in [4.78, 5) is 51.5. The summed E-state index contributed by atoms with van der Waals surface area (Å²) in [6, 6.07) is 1.99. The normalized spacial score (nSPS) is 28.4. The van der Waals surface area contributed by atoms with E-state index in [1.807, 2.05) is 0 Å². The van der Waals surface area contributed by atoms with Crippen molar-refractivity contribution in [2.75, 3.05) is 19.4 Å². The molecule has 4 atom stereocenters. The zero-order valence-corrected chi connectivity index (χ0v) is 18.7. The van der Waals surface area contributed by atoms with Crippen LogP contribution in [-0.2, 0) is 20.8 Å². The number of amides is 2. The van der Waals surface area contributed by atoms with E-state index < -0.39 is 69.7 Å². The number of nitrogens with two attached hydrogens (primary N) is 1. The maximum atomic E-state index is 13.5. The van der Waals surface area contributed by atoms with Gasteiger partial charge in [-0.3, -0.25) is 24.1 Å². The van der Waals surface area contributed by atoms with Gasteiger partial charge in [-0.2, -0.15) is 0 Å². The second kappa shape index (κ2) is 7.67. The standard InChI is InChI=1S/C23H25N3O8/c1-8(27)25-12-5-4-9-6-10-7-11-16(26(2)3)19(30)15(22(24)33)21(32)23(11,34)20(31)14(10)18(29)13(9)17(12)28/h4-5,10-11,16,28,30-31,34H,6-7H2,1-3H3,(H2,24,33)(H,25,27)/t10-,11-,16-,23-/m0/s1. The van der Waals surface area contributed by atoms with Crippen molar-refractivity contribution in [1.82, 2.24) is 4.90 Å². The van der Waals surface area contributed by atoms with Gasteiger partial charge in [0.1, 0.15) is 17.1 Å². The van der Waals surface area contributed by atoms with Gasteiger partial charge in [0.2, 0.25) is 11.7 Å². The van der Waals surface area contributed by atoms with Crippen molar-refractivity contribution >= 4 is 29.1 Å². The highest BCUT2D eigenvalue weighted by Crippen LogP contribution is 2.52. The fraction of sp³-hybridized carbons (Fsp3) is 0.391. The number of allylic oxidation sites excluding steroid dienone is 1. The van der Waals surface area contributed by atoms with E-state index in [9.17, 15) is 39.6 Å². The SMILES string of the molecule is CC(=O)Nc1ccc2c(c1O)C(=O)C1=C(O)[C@]3(O)C(=O)C(C(N)=O)=C(O)[C@@H](N(C)C)[C@@H]3C[C@@H]1C2. The molecular weight excluding hydrogens is 446 g/mol. The topological polar surface area (TPSA) is 190 Å². The van der Waals surface area contributed by atoms with E-state index in [-0.39, 0.29) is 29.7 Å². The van der Waals surface area contributed by atoms with Crippen LogP contribution in [0, 0.1) is 11.8 Å². The molecule has 11 heteroatoms. The number of likely N-dealkylation sites (N-methyl/N-ethyl adjacent to an activating group) is 1.